The Hall–Kier alpha value is -2.46. The number of carbonyl (C=O) groups excluding carboxylic acids is 1. The predicted molar refractivity (Wildman–Crippen MR) is 91.0 cm³/mol. The van der Waals surface area contributed by atoms with Gasteiger partial charge in [-0.3, -0.25) is 9.36 Å². The fourth-order valence-electron chi connectivity index (χ4n) is 2.64. The van der Waals surface area contributed by atoms with Gasteiger partial charge in [0.25, 0.3) is 5.91 Å². The van der Waals surface area contributed by atoms with Crippen LogP contribution in [0.5, 0.6) is 11.5 Å². The largest absolute Gasteiger partial charge is 0.496 e. The zero-order chi connectivity index (χ0) is 16.6. The van der Waals surface area contributed by atoms with E-state index in [-0.39, 0.29) is 5.91 Å². The van der Waals surface area contributed by atoms with Crippen molar-refractivity contribution in [1.82, 2.24) is 4.57 Å². The number of methoxy groups -OCH3 is 2. The highest BCUT2D eigenvalue weighted by molar-refractivity contribution is 6.33. The van der Waals surface area contributed by atoms with Crippen LogP contribution in [0.4, 0.5) is 0 Å². The molecule has 118 valence electrons. The van der Waals surface area contributed by atoms with E-state index in [9.17, 15) is 4.79 Å². The normalized spacial score (nSPS) is 10.8. The van der Waals surface area contributed by atoms with E-state index in [0.717, 1.165) is 10.8 Å². The molecule has 0 saturated carbocycles. The molecule has 1 heterocycles. The van der Waals surface area contributed by atoms with Crippen molar-refractivity contribution in [3.05, 3.63) is 58.9 Å². The molecule has 4 nitrogen and oxygen atoms in total. The van der Waals surface area contributed by atoms with Gasteiger partial charge in [-0.2, -0.15) is 0 Å². The number of nitrogens with zero attached hydrogens (tertiary/aromatic N) is 1. The van der Waals surface area contributed by atoms with E-state index in [2.05, 4.69) is 0 Å². The first-order valence-corrected chi connectivity index (χ1v) is 7.47. The highest BCUT2D eigenvalue weighted by Crippen LogP contribution is 2.37. The lowest BCUT2D eigenvalue weighted by atomic mass is 10.1. The highest BCUT2D eigenvalue weighted by atomic mass is 35.5. The van der Waals surface area contributed by atoms with E-state index in [1.807, 2.05) is 24.3 Å². The molecule has 0 radical (unpaired) electrons. The Morgan fingerprint density at radius 3 is 2.13 bits per heavy atom. The molecule has 5 heteroatoms. The number of carbonyl (C=O) groups is 1. The molecule has 1 aromatic heterocycles. The smallest absolute Gasteiger partial charge is 0.265 e. The van der Waals surface area contributed by atoms with Gasteiger partial charge in [0.15, 0.2) is 0 Å². The minimum absolute atomic E-state index is 0.194. The molecule has 0 bridgehead atoms. The number of rotatable bonds is 3. The topological polar surface area (TPSA) is 40.5 Å². The van der Waals surface area contributed by atoms with E-state index in [1.165, 1.54) is 14.2 Å². The summed E-state index contributed by atoms with van der Waals surface area (Å²) in [5.74, 6) is 0.724. The van der Waals surface area contributed by atoms with Crippen molar-refractivity contribution >= 4 is 28.3 Å². The molecule has 23 heavy (non-hydrogen) atoms. The Morgan fingerprint density at radius 1 is 1.04 bits per heavy atom. The van der Waals surface area contributed by atoms with Crippen LogP contribution in [0, 0.1) is 6.92 Å². The summed E-state index contributed by atoms with van der Waals surface area (Å²) in [5, 5.41) is 2.41. The van der Waals surface area contributed by atoms with Crippen LogP contribution in [0.15, 0.2) is 42.7 Å². The first-order valence-electron chi connectivity index (χ1n) is 7.09. The third kappa shape index (κ3) is 2.55. The molecule has 0 saturated heterocycles. The van der Waals surface area contributed by atoms with Gasteiger partial charge in [-0.25, -0.2) is 0 Å². The monoisotopic (exact) mass is 329 g/mol. The first kappa shape index (κ1) is 15.4. The molecule has 0 N–H and O–H groups in total. The van der Waals surface area contributed by atoms with Gasteiger partial charge in [-0.1, -0.05) is 35.9 Å². The van der Waals surface area contributed by atoms with Crippen LogP contribution in [-0.4, -0.2) is 24.7 Å². The van der Waals surface area contributed by atoms with E-state index >= 15 is 0 Å². The molecule has 0 fully saturated rings. The molecule has 2 aromatic carbocycles. The van der Waals surface area contributed by atoms with Crippen LogP contribution in [-0.2, 0) is 0 Å². The van der Waals surface area contributed by atoms with E-state index in [1.54, 1.807) is 30.0 Å². The van der Waals surface area contributed by atoms with Crippen LogP contribution >= 0.6 is 11.6 Å². The number of benzene rings is 2. The highest BCUT2D eigenvalue weighted by Gasteiger charge is 2.22. The Kier molecular flexibility index (Phi) is 4.01. The third-order valence-electron chi connectivity index (χ3n) is 3.87. The number of hydrogen-bond donors (Lipinski definition) is 0. The number of aromatic nitrogens is 1. The van der Waals surface area contributed by atoms with Crippen LogP contribution in [0.3, 0.4) is 0 Å². The molecule has 0 aliphatic heterocycles. The Morgan fingerprint density at radius 2 is 1.61 bits per heavy atom. The van der Waals surface area contributed by atoms with Crippen LogP contribution in [0.25, 0.3) is 10.8 Å². The fourth-order valence-corrected chi connectivity index (χ4v) is 2.86. The summed E-state index contributed by atoms with van der Waals surface area (Å²) in [6.07, 6.45) is 3.60. The molecule has 0 aliphatic rings. The van der Waals surface area contributed by atoms with E-state index in [4.69, 9.17) is 21.1 Å². The molecule has 0 aliphatic carbocycles. The Balaban J connectivity index is 2.17. The van der Waals surface area contributed by atoms with E-state index < -0.39 is 0 Å². The second-order valence-electron chi connectivity index (χ2n) is 5.19. The second kappa shape index (κ2) is 5.97. The number of ether oxygens (including phenoxy) is 2. The average Bonchev–Trinajstić information content (AvgIpc) is 3.00. The molecule has 0 unspecified atom stereocenters. The molecule has 0 amide bonds. The standard InChI is InChI=1S/C18H16ClNO3/c1-11-16(14(22-2)8-15(23-3)17(11)19)18(21)20-9-12-6-4-5-7-13(12)10-20/h4-10H,1-3H3. The van der Waals surface area contributed by atoms with Crippen molar-refractivity contribution < 1.29 is 14.3 Å². The number of hydrogen-bond acceptors (Lipinski definition) is 3. The molecule has 3 rings (SSSR count). The maximum absolute atomic E-state index is 13.0. The average molecular weight is 330 g/mol. The van der Waals surface area contributed by atoms with Gasteiger partial charge in [-0.15, -0.1) is 0 Å². The summed E-state index contributed by atoms with van der Waals surface area (Å²) in [6, 6.07) is 9.43. The zero-order valence-corrected chi connectivity index (χ0v) is 13.8. The quantitative estimate of drug-likeness (QED) is 0.719. The predicted octanol–water partition coefficient (Wildman–Crippen LogP) is 4.31. The Bertz CT molecular complexity index is 866. The lowest BCUT2D eigenvalue weighted by molar-refractivity contribution is 0.0957. The van der Waals surface area contributed by atoms with Gasteiger partial charge in [0.05, 0.1) is 24.8 Å². The number of fused-ring (bicyclic) bond motifs is 1. The summed E-state index contributed by atoms with van der Waals surface area (Å²) in [7, 11) is 3.05. The molecular weight excluding hydrogens is 314 g/mol. The summed E-state index contributed by atoms with van der Waals surface area (Å²) >= 11 is 6.30. The van der Waals surface area contributed by atoms with Gasteiger partial charge in [0.2, 0.25) is 0 Å². The maximum atomic E-state index is 13.0. The van der Waals surface area contributed by atoms with Crippen LogP contribution < -0.4 is 9.47 Å². The van der Waals surface area contributed by atoms with Gasteiger partial charge < -0.3 is 9.47 Å². The SMILES string of the molecule is COc1cc(OC)c(C(=O)n2cc3ccccc3c2)c(C)c1Cl. The van der Waals surface area contributed by atoms with Gasteiger partial charge in [-0.05, 0) is 23.3 Å². The molecule has 3 aromatic rings. The fraction of sp³-hybridized carbons (Fsp3) is 0.167. The minimum Gasteiger partial charge on any atom is -0.496 e. The summed E-state index contributed by atoms with van der Waals surface area (Å²) in [6.45, 7) is 1.78. The lowest BCUT2D eigenvalue weighted by Crippen LogP contribution is -2.13. The summed E-state index contributed by atoms with van der Waals surface area (Å²) in [4.78, 5) is 13.0. The van der Waals surface area contributed by atoms with Crippen molar-refractivity contribution in [2.75, 3.05) is 14.2 Å². The molecular formula is C18H16ClNO3. The van der Waals surface area contributed by atoms with Crippen molar-refractivity contribution in [2.45, 2.75) is 6.92 Å². The van der Waals surface area contributed by atoms with Crippen molar-refractivity contribution in [1.29, 1.82) is 0 Å². The first-order chi connectivity index (χ1) is 11.1. The number of halogens is 1. The maximum Gasteiger partial charge on any atom is 0.265 e. The van der Waals surface area contributed by atoms with Crippen LogP contribution in [0.1, 0.15) is 15.9 Å². The van der Waals surface area contributed by atoms with Crippen LogP contribution in [0.2, 0.25) is 5.02 Å². The van der Waals surface area contributed by atoms with Crippen molar-refractivity contribution in [3.63, 3.8) is 0 Å². The minimum atomic E-state index is -0.194. The lowest BCUT2D eigenvalue weighted by Gasteiger charge is -2.15. The van der Waals surface area contributed by atoms with Gasteiger partial charge in [0, 0.05) is 18.5 Å². The summed E-state index contributed by atoms with van der Waals surface area (Å²) in [5.41, 5.74) is 1.06. The van der Waals surface area contributed by atoms with Gasteiger partial charge >= 0.3 is 0 Å². The molecule has 0 atom stereocenters. The van der Waals surface area contributed by atoms with Crippen molar-refractivity contribution in [2.24, 2.45) is 0 Å². The van der Waals surface area contributed by atoms with Crippen molar-refractivity contribution in [3.8, 4) is 11.5 Å². The molecule has 0 spiro atoms. The Labute approximate surface area is 139 Å². The summed E-state index contributed by atoms with van der Waals surface area (Å²) < 4.78 is 12.1. The zero-order valence-electron chi connectivity index (χ0n) is 13.1. The van der Waals surface area contributed by atoms with Gasteiger partial charge in [0.1, 0.15) is 11.5 Å². The third-order valence-corrected chi connectivity index (χ3v) is 4.34. The van der Waals surface area contributed by atoms with E-state index in [0.29, 0.717) is 27.6 Å². The second-order valence-corrected chi connectivity index (χ2v) is 5.57.